The van der Waals surface area contributed by atoms with Crippen molar-refractivity contribution >= 4 is 34.8 Å². The summed E-state index contributed by atoms with van der Waals surface area (Å²) in [5.41, 5.74) is 6.48. The van der Waals surface area contributed by atoms with Gasteiger partial charge in [0.2, 0.25) is 0 Å². The van der Waals surface area contributed by atoms with Gasteiger partial charge in [-0.25, -0.2) is 0 Å². The molecule has 104 valence electrons. The number of nitrogen functional groups attached to an aromatic ring is 1. The van der Waals surface area contributed by atoms with Crippen molar-refractivity contribution in [1.82, 2.24) is 9.80 Å². The lowest BCUT2D eigenvalue weighted by Gasteiger charge is -2.38. The Bertz CT molecular complexity index is 484. The molecule has 1 unspecified atom stereocenters. The summed E-state index contributed by atoms with van der Waals surface area (Å²) in [6, 6.07) is 3.33. The molecule has 1 aromatic carbocycles. The standard InChI is InChI=1S/C13H17Cl2N3O/c1-8-7-17(2)3-4-18(8)13(19)9-5-10(14)12(16)11(15)6-9/h5-6,8H,3-4,7,16H2,1-2H3. The number of carbonyl (C=O) groups is 1. The highest BCUT2D eigenvalue weighted by Gasteiger charge is 2.27. The monoisotopic (exact) mass is 301 g/mol. The molecule has 2 rings (SSSR count). The van der Waals surface area contributed by atoms with Crippen LogP contribution in [0, 0.1) is 0 Å². The van der Waals surface area contributed by atoms with Gasteiger partial charge in [0.05, 0.1) is 15.7 Å². The second kappa shape index (κ2) is 5.57. The van der Waals surface area contributed by atoms with E-state index in [0.29, 0.717) is 27.8 Å². The van der Waals surface area contributed by atoms with Gasteiger partial charge < -0.3 is 15.5 Å². The highest BCUT2D eigenvalue weighted by molar-refractivity contribution is 6.39. The first-order valence-electron chi connectivity index (χ1n) is 6.14. The number of rotatable bonds is 1. The van der Waals surface area contributed by atoms with Crippen LogP contribution in [0.4, 0.5) is 5.69 Å². The summed E-state index contributed by atoms with van der Waals surface area (Å²) in [7, 11) is 2.05. The summed E-state index contributed by atoms with van der Waals surface area (Å²) < 4.78 is 0. The molecule has 2 N–H and O–H groups in total. The smallest absolute Gasteiger partial charge is 0.254 e. The third kappa shape index (κ3) is 2.96. The van der Waals surface area contributed by atoms with Crippen molar-refractivity contribution in [2.45, 2.75) is 13.0 Å². The molecule has 0 bridgehead atoms. The first-order valence-corrected chi connectivity index (χ1v) is 6.89. The second-order valence-electron chi connectivity index (χ2n) is 4.96. The number of halogens is 2. The number of hydrogen-bond acceptors (Lipinski definition) is 3. The Morgan fingerprint density at radius 3 is 2.42 bits per heavy atom. The van der Waals surface area contributed by atoms with Crippen LogP contribution >= 0.6 is 23.2 Å². The van der Waals surface area contributed by atoms with Crippen LogP contribution in [-0.4, -0.2) is 48.4 Å². The zero-order valence-electron chi connectivity index (χ0n) is 11.0. The highest BCUT2D eigenvalue weighted by Crippen LogP contribution is 2.29. The number of hydrogen-bond donors (Lipinski definition) is 1. The van der Waals surface area contributed by atoms with Crippen molar-refractivity contribution in [1.29, 1.82) is 0 Å². The van der Waals surface area contributed by atoms with Crippen LogP contribution in [0.2, 0.25) is 10.0 Å². The number of carbonyl (C=O) groups excluding carboxylic acids is 1. The van der Waals surface area contributed by atoms with Crippen molar-refractivity contribution < 1.29 is 4.79 Å². The third-order valence-electron chi connectivity index (χ3n) is 3.42. The van der Waals surface area contributed by atoms with Crippen LogP contribution in [-0.2, 0) is 0 Å². The number of anilines is 1. The number of benzene rings is 1. The topological polar surface area (TPSA) is 49.6 Å². The van der Waals surface area contributed by atoms with Gasteiger partial charge in [0, 0.05) is 31.2 Å². The Morgan fingerprint density at radius 2 is 1.89 bits per heavy atom. The molecule has 19 heavy (non-hydrogen) atoms. The quantitative estimate of drug-likeness (QED) is 0.810. The van der Waals surface area contributed by atoms with E-state index in [1.165, 1.54) is 0 Å². The average Bonchev–Trinajstić information content (AvgIpc) is 2.34. The van der Waals surface area contributed by atoms with Crippen LogP contribution in [0.25, 0.3) is 0 Å². The van der Waals surface area contributed by atoms with Gasteiger partial charge in [0.15, 0.2) is 0 Å². The average molecular weight is 302 g/mol. The predicted molar refractivity (Wildman–Crippen MR) is 78.9 cm³/mol. The molecule has 1 fully saturated rings. The Balaban J connectivity index is 2.25. The maximum atomic E-state index is 12.5. The lowest BCUT2D eigenvalue weighted by atomic mass is 10.1. The first-order chi connectivity index (χ1) is 8.90. The van der Waals surface area contributed by atoms with Crippen LogP contribution in [0.15, 0.2) is 12.1 Å². The minimum Gasteiger partial charge on any atom is -0.396 e. The normalized spacial score (nSPS) is 20.6. The van der Waals surface area contributed by atoms with Gasteiger partial charge in [-0.1, -0.05) is 23.2 Å². The molecule has 6 heteroatoms. The fourth-order valence-electron chi connectivity index (χ4n) is 2.32. The Morgan fingerprint density at radius 1 is 1.32 bits per heavy atom. The maximum absolute atomic E-state index is 12.5. The van der Waals surface area contributed by atoms with Crippen molar-refractivity contribution in [3.8, 4) is 0 Å². The molecular weight excluding hydrogens is 285 g/mol. The van der Waals surface area contributed by atoms with E-state index in [4.69, 9.17) is 28.9 Å². The van der Waals surface area contributed by atoms with Crippen molar-refractivity contribution in [3.63, 3.8) is 0 Å². The molecular formula is C13H17Cl2N3O. The number of amides is 1. The summed E-state index contributed by atoms with van der Waals surface area (Å²) in [4.78, 5) is 16.5. The zero-order chi connectivity index (χ0) is 14.2. The SMILES string of the molecule is CC1CN(C)CCN1C(=O)c1cc(Cl)c(N)c(Cl)c1. The van der Waals surface area contributed by atoms with Crippen LogP contribution in [0.1, 0.15) is 17.3 Å². The van der Waals surface area contributed by atoms with E-state index in [0.717, 1.165) is 13.1 Å². The summed E-state index contributed by atoms with van der Waals surface area (Å²) >= 11 is 11.9. The molecule has 1 saturated heterocycles. The number of likely N-dealkylation sites (N-methyl/N-ethyl adjacent to an activating group) is 1. The fourth-order valence-corrected chi connectivity index (χ4v) is 2.80. The molecule has 1 aromatic rings. The van der Waals surface area contributed by atoms with E-state index in [1.807, 2.05) is 11.8 Å². The lowest BCUT2D eigenvalue weighted by Crippen LogP contribution is -2.52. The lowest BCUT2D eigenvalue weighted by molar-refractivity contribution is 0.0533. The van der Waals surface area contributed by atoms with E-state index >= 15 is 0 Å². The largest absolute Gasteiger partial charge is 0.396 e. The van der Waals surface area contributed by atoms with Gasteiger partial charge in [-0.2, -0.15) is 0 Å². The molecule has 0 saturated carbocycles. The Labute approximate surface area is 123 Å². The van der Waals surface area contributed by atoms with Crippen molar-refractivity contribution in [3.05, 3.63) is 27.7 Å². The van der Waals surface area contributed by atoms with Gasteiger partial charge in [0.25, 0.3) is 5.91 Å². The fraction of sp³-hybridized carbons (Fsp3) is 0.462. The van der Waals surface area contributed by atoms with E-state index in [9.17, 15) is 4.79 Å². The van der Waals surface area contributed by atoms with E-state index in [-0.39, 0.29) is 11.9 Å². The van der Waals surface area contributed by atoms with E-state index < -0.39 is 0 Å². The van der Waals surface area contributed by atoms with E-state index in [2.05, 4.69) is 11.9 Å². The summed E-state index contributed by atoms with van der Waals surface area (Å²) in [6.07, 6.45) is 0. The minimum atomic E-state index is -0.0515. The maximum Gasteiger partial charge on any atom is 0.254 e. The first kappa shape index (κ1) is 14.4. The van der Waals surface area contributed by atoms with Gasteiger partial charge >= 0.3 is 0 Å². The van der Waals surface area contributed by atoms with Gasteiger partial charge in [-0.05, 0) is 26.1 Å². The van der Waals surface area contributed by atoms with Crippen molar-refractivity contribution in [2.75, 3.05) is 32.4 Å². The van der Waals surface area contributed by atoms with Gasteiger partial charge in [-0.3, -0.25) is 4.79 Å². The molecule has 1 atom stereocenters. The summed E-state index contributed by atoms with van der Waals surface area (Å²) in [6.45, 7) is 4.47. The van der Waals surface area contributed by atoms with Crippen LogP contribution in [0.3, 0.4) is 0 Å². The Hall–Kier alpha value is -0.970. The number of nitrogens with two attached hydrogens (primary N) is 1. The highest BCUT2D eigenvalue weighted by atomic mass is 35.5. The molecule has 1 aliphatic heterocycles. The zero-order valence-corrected chi connectivity index (χ0v) is 12.5. The predicted octanol–water partition coefficient (Wildman–Crippen LogP) is 2.35. The molecule has 1 amide bonds. The number of piperazine rings is 1. The van der Waals surface area contributed by atoms with Crippen LogP contribution < -0.4 is 5.73 Å². The minimum absolute atomic E-state index is 0.0515. The summed E-state index contributed by atoms with van der Waals surface area (Å²) in [5, 5.41) is 0.635. The molecule has 0 aromatic heterocycles. The molecule has 4 nitrogen and oxygen atoms in total. The molecule has 0 aliphatic carbocycles. The molecule has 1 heterocycles. The summed E-state index contributed by atoms with van der Waals surface area (Å²) in [5.74, 6) is -0.0515. The molecule has 0 spiro atoms. The number of nitrogens with zero attached hydrogens (tertiary/aromatic N) is 2. The van der Waals surface area contributed by atoms with Gasteiger partial charge in [-0.15, -0.1) is 0 Å². The molecule has 1 aliphatic rings. The third-order valence-corrected chi connectivity index (χ3v) is 4.04. The van der Waals surface area contributed by atoms with E-state index in [1.54, 1.807) is 12.1 Å². The van der Waals surface area contributed by atoms with Crippen molar-refractivity contribution in [2.24, 2.45) is 0 Å². The second-order valence-corrected chi connectivity index (χ2v) is 5.78. The molecule has 0 radical (unpaired) electrons. The van der Waals surface area contributed by atoms with Gasteiger partial charge in [0.1, 0.15) is 0 Å². The van der Waals surface area contributed by atoms with Crippen LogP contribution in [0.5, 0.6) is 0 Å². The Kier molecular flexibility index (Phi) is 4.23.